The SMILES string of the molecule is CCn1c(SCC(=O)Nc2ccccc2Br)nnc1-c1ccc(NC(C)=O)cc1. The maximum atomic E-state index is 12.3. The van der Waals surface area contributed by atoms with E-state index in [0.717, 1.165) is 27.2 Å². The molecule has 2 N–H and O–H groups in total. The molecule has 1 aromatic heterocycles. The number of anilines is 2. The second kappa shape index (κ2) is 9.71. The summed E-state index contributed by atoms with van der Waals surface area (Å²) >= 11 is 4.76. The fourth-order valence-electron chi connectivity index (χ4n) is 2.68. The van der Waals surface area contributed by atoms with E-state index in [1.807, 2.05) is 60.0 Å². The fourth-order valence-corrected chi connectivity index (χ4v) is 3.87. The van der Waals surface area contributed by atoms with E-state index < -0.39 is 0 Å². The topological polar surface area (TPSA) is 88.9 Å². The molecule has 29 heavy (non-hydrogen) atoms. The number of hydrogen-bond acceptors (Lipinski definition) is 5. The molecule has 7 nitrogen and oxygen atoms in total. The van der Waals surface area contributed by atoms with Crippen LogP contribution in [0.1, 0.15) is 13.8 Å². The number of carbonyl (C=O) groups is 2. The molecule has 0 fully saturated rings. The predicted octanol–water partition coefficient (Wildman–Crippen LogP) is 4.42. The third-order valence-electron chi connectivity index (χ3n) is 3.98. The Morgan fingerprint density at radius 1 is 1.07 bits per heavy atom. The van der Waals surface area contributed by atoms with Crippen LogP contribution in [0, 0.1) is 0 Å². The van der Waals surface area contributed by atoms with Gasteiger partial charge >= 0.3 is 0 Å². The number of thioether (sulfide) groups is 1. The van der Waals surface area contributed by atoms with Gasteiger partial charge in [0.25, 0.3) is 0 Å². The van der Waals surface area contributed by atoms with Gasteiger partial charge in [-0.3, -0.25) is 9.59 Å². The van der Waals surface area contributed by atoms with Crippen LogP contribution < -0.4 is 10.6 Å². The highest BCUT2D eigenvalue weighted by Crippen LogP contribution is 2.26. The zero-order chi connectivity index (χ0) is 20.8. The lowest BCUT2D eigenvalue weighted by Gasteiger charge is -2.09. The molecule has 1 heterocycles. The summed E-state index contributed by atoms with van der Waals surface area (Å²) in [6.45, 7) is 4.14. The largest absolute Gasteiger partial charge is 0.326 e. The van der Waals surface area contributed by atoms with Crippen LogP contribution in [0.3, 0.4) is 0 Å². The van der Waals surface area contributed by atoms with Crippen molar-refractivity contribution >= 4 is 50.9 Å². The first kappa shape index (κ1) is 21.1. The zero-order valence-corrected chi connectivity index (χ0v) is 18.4. The van der Waals surface area contributed by atoms with Gasteiger partial charge < -0.3 is 15.2 Å². The van der Waals surface area contributed by atoms with Gasteiger partial charge in [-0.25, -0.2) is 0 Å². The summed E-state index contributed by atoms with van der Waals surface area (Å²) in [7, 11) is 0. The third kappa shape index (κ3) is 5.45. The van der Waals surface area contributed by atoms with Crippen molar-refractivity contribution in [3.05, 3.63) is 53.0 Å². The number of para-hydroxylation sites is 1. The summed E-state index contributed by atoms with van der Waals surface area (Å²) in [6.07, 6.45) is 0. The Balaban J connectivity index is 1.68. The van der Waals surface area contributed by atoms with E-state index in [2.05, 4.69) is 36.8 Å². The van der Waals surface area contributed by atoms with Crippen molar-refractivity contribution in [1.82, 2.24) is 14.8 Å². The quantitative estimate of drug-likeness (QED) is 0.495. The lowest BCUT2D eigenvalue weighted by molar-refractivity contribution is -0.114. The van der Waals surface area contributed by atoms with Crippen LogP contribution in [0.4, 0.5) is 11.4 Å². The van der Waals surface area contributed by atoms with Crippen LogP contribution in [0.15, 0.2) is 58.2 Å². The van der Waals surface area contributed by atoms with Gasteiger partial charge in [0.2, 0.25) is 11.8 Å². The van der Waals surface area contributed by atoms with Gasteiger partial charge in [-0.15, -0.1) is 10.2 Å². The molecule has 2 aromatic carbocycles. The van der Waals surface area contributed by atoms with Crippen molar-refractivity contribution < 1.29 is 9.59 Å². The Morgan fingerprint density at radius 2 is 1.79 bits per heavy atom. The number of amides is 2. The second-order valence-corrected chi connectivity index (χ2v) is 7.92. The Bertz CT molecular complexity index is 1020. The van der Waals surface area contributed by atoms with Crippen molar-refractivity contribution in [2.45, 2.75) is 25.5 Å². The molecule has 0 atom stereocenters. The number of hydrogen-bond donors (Lipinski definition) is 2. The highest BCUT2D eigenvalue weighted by molar-refractivity contribution is 9.10. The molecule has 0 aliphatic carbocycles. The number of nitrogens with zero attached hydrogens (tertiary/aromatic N) is 3. The number of halogens is 1. The summed E-state index contributed by atoms with van der Waals surface area (Å²) < 4.78 is 2.80. The first-order valence-electron chi connectivity index (χ1n) is 8.96. The van der Waals surface area contributed by atoms with E-state index in [1.54, 1.807) is 0 Å². The minimum absolute atomic E-state index is 0.117. The molecule has 0 spiro atoms. The molecule has 3 aromatic rings. The number of rotatable bonds is 7. The monoisotopic (exact) mass is 473 g/mol. The molecule has 0 aliphatic heterocycles. The number of aromatic nitrogens is 3. The Kier molecular flexibility index (Phi) is 7.05. The Hall–Kier alpha value is -2.65. The predicted molar refractivity (Wildman–Crippen MR) is 119 cm³/mol. The van der Waals surface area contributed by atoms with Gasteiger partial charge in [0.1, 0.15) is 0 Å². The number of benzene rings is 2. The van der Waals surface area contributed by atoms with Crippen molar-refractivity contribution in [2.75, 3.05) is 16.4 Å². The zero-order valence-electron chi connectivity index (χ0n) is 16.0. The molecule has 0 unspecified atom stereocenters. The normalized spacial score (nSPS) is 10.6. The molecule has 2 amide bonds. The first-order chi connectivity index (χ1) is 14.0. The van der Waals surface area contributed by atoms with Crippen LogP contribution >= 0.6 is 27.7 Å². The molecular weight excluding hydrogens is 454 g/mol. The summed E-state index contributed by atoms with van der Waals surface area (Å²) in [5.74, 6) is 0.708. The molecule has 3 rings (SSSR count). The van der Waals surface area contributed by atoms with Crippen molar-refractivity contribution in [3.8, 4) is 11.4 Å². The number of nitrogens with one attached hydrogen (secondary N) is 2. The van der Waals surface area contributed by atoms with E-state index in [1.165, 1.54) is 18.7 Å². The maximum Gasteiger partial charge on any atom is 0.234 e. The lowest BCUT2D eigenvalue weighted by atomic mass is 10.2. The van der Waals surface area contributed by atoms with E-state index in [4.69, 9.17) is 0 Å². The van der Waals surface area contributed by atoms with Crippen LogP contribution in [0.5, 0.6) is 0 Å². The molecule has 150 valence electrons. The van der Waals surface area contributed by atoms with Gasteiger partial charge in [0.05, 0.1) is 11.4 Å². The Labute approximate surface area is 181 Å². The fraction of sp³-hybridized carbons (Fsp3) is 0.200. The van der Waals surface area contributed by atoms with Gasteiger partial charge in [0.15, 0.2) is 11.0 Å². The van der Waals surface area contributed by atoms with Crippen LogP contribution in [0.25, 0.3) is 11.4 Å². The first-order valence-corrected chi connectivity index (χ1v) is 10.7. The molecule has 0 radical (unpaired) electrons. The molecular formula is C20H20BrN5O2S. The lowest BCUT2D eigenvalue weighted by Crippen LogP contribution is -2.15. The second-order valence-electron chi connectivity index (χ2n) is 6.13. The van der Waals surface area contributed by atoms with Crippen molar-refractivity contribution in [2.24, 2.45) is 0 Å². The van der Waals surface area contributed by atoms with Gasteiger partial charge in [-0.05, 0) is 59.3 Å². The van der Waals surface area contributed by atoms with Crippen LogP contribution in [-0.2, 0) is 16.1 Å². The summed E-state index contributed by atoms with van der Waals surface area (Å²) in [4.78, 5) is 23.5. The van der Waals surface area contributed by atoms with Gasteiger partial charge in [-0.1, -0.05) is 23.9 Å². The van der Waals surface area contributed by atoms with E-state index in [-0.39, 0.29) is 17.6 Å². The van der Waals surface area contributed by atoms with E-state index in [9.17, 15) is 9.59 Å². The minimum Gasteiger partial charge on any atom is -0.326 e. The van der Waals surface area contributed by atoms with E-state index >= 15 is 0 Å². The Morgan fingerprint density at radius 3 is 2.45 bits per heavy atom. The average Bonchev–Trinajstić information content (AvgIpc) is 3.11. The van der Waals surface area contributed by atoms with Crippen LogP contribution in [0.2, 0.25) is 0 Å². The third-order valence-corrected chi connectivity index (χ3v) is 5.64. The van der Waals surface area contributed by atoms with E-state index in [0.29, 0.717) is 11.7 Å². The summed E-state index contributed by atoms with van der Waals surface area (Å²) in [6, 6.07) is 14.9. The highest BCUT2D eigenvalue weighted by atomic mass is 79.9. The minimum atomic E-state index is -0.117. The summed E-state index contributed by atoms with van der Waals surface area (Å²) in [5, 5.41) is 14.8. The van der Waals surface area contributed by atoms with Crippen molar-refractivity contribution in [3.63, 3.8) is 0 Å². The maximum absolute atomic E-state index is 12.3. The molecule has 0 aliphatic rings. The molecule has 0 saturated heterocycles. The standard InChI is InChI=1S/C20H20BrN5O2S/c1-3-26-19(14-8-10-15(11-9-14)22-13(2)27)24-25-20(26)29-12-18(28)23-17-7-5-4-6-16(17)21/h4-11H,3,12H2,1-2H3,(H,22,27)(H,23,28). The van der Waals surface area contributed by atoms with Crippen molar-refractivity contribution in [1.29, 1.82) is 0 Å². The number of carbonyl (C=O) groups excluding carboxylic acids is 2. The summed E-state index contributed by atoms with van der Waals surface area (Å²) in [5.41, 5.74) is 2.34. The molecule has 0 bridgehead atoms. The highest BCUT2D eigenvalue weighted by Gasteiger charge is 2.15. The molecule has 9 heteroatoms. The van der Waals surface area contributed by atoms with Crippen LogP contribution in [-0.4, -0.2) is 32.3 Å². The smallest absolute Gasteiger partial charge is 0.234 e. The molecule has 0 saturated carbocycles. The average molecular weight is 474 g/mol. The van der Waals surface area contributed by atoms with Gasteiger partial charge in [0, 0.05) is 29.2 Å². The van der Waals surface area contributed by atoms with Gasteiger partial charge in [-0.2, -0.15) is 0 Å².